The molecular formula is C22H25F6N5O5. The number of pyridine rings is 1. The summed E-state index contributed by atoms with van der Waals surface area (Å²) >= 11 is 0. The van der Waals surface area contributed by atoms with Crippen LogP contribution in [-0.4, -0.2) is 92.7 Å². The van der Waals surface area contributed by atoms with E-state index in [4.69, 9.17) is 24.5 Å². The normalized spacial score (nSPS) is 20.0. The van der Waals surface area contributed by atoms with Gasteiger partial charge in [0.15, 0.2) is 0 Å². The Hall–Kier alpha value is -3.53. The molecule has 38 heavy (non-hydrogen) atoms. The molecule has 0 bridgehead atoms. The third kappa shape index (κ3) is 10.1. The molecule has 10 nitrogen and oxygen atoms in total. The highest BCUT2D eigenvalue weighted by atomic mass is 19.4. The molecule has 2 aromatic heterocycles. The predicted octanol–water partition coefficient (Wildman–Crippen LogP) is 3.01. The highest BCUT2D eigenvalue weighted by Crippen LogP contribution is 2.31. The number of carboxylic acids is 2. The van der Waals surface area contributed by atoms with Gasteiger partial charge in [-0.25, -0.2) is 14.6 Å². The van der Waals surface area contributed by atoms with Crippen molar-refractivity contribution in [3.8, 4) is 0 Å². The average molecular weight is 553 g/mol. The molecular weight excluding hydrogens is 528 g/mol. The van der Waals surface area contributed by atoms with Gasteiger partial charge in [0.05, 0.1) is 18.4 Å². The maximum atomic E-state index is 10.6. The zero-order valence-corrected chi connectivity index (χ0v) is 19.8. The van der Waals surface area contributed by atoms with Crippen molar-refractivity contribution >= 4 is 17.8 Å². The van der Waals surface area contributed by atoms with E-state index < -0.39 is 24.3 Å². The summed E-state index contributed by atoms with van der Waals surface area (Å²) in [5.74, 6) is -4.57. The Bertz CT molecular complexity index is 1000. The zero-order valence-electron chi connectivity index (χ0n) is 19.8. The SMILES string of the molecule is O=C(O)C(F)(F)F.O=C(O)C(F)(F)F.c1cncc(CN2CCOC3(CCCN(c4cnccn4)C3)C2)c1. The molecule has 2 fully saturated rings. The maximum absolute atomic E-state index is 10.6. The monoisotopic (exact) mass is 553 g/mol. The number of nitrogens with zero attached hydrogens (tertiary/aromatic N) is 5. The number of piperidine rings is 1. The van der Waals surface area contributed by atoms with Crippen LogP contribution in [0, 0.1) is 0 Å². The Balaban J connectivity index is 0.000000301. The molecule has 0 aliphatic carbocycles. The van der Waals surface area contributed by atoms with Crippen molar-refractivity contribution in [2.45, 2.75) is 37.3 Å². The molecule has 1 atom stereocenters. The first-order chi connectivity index (χ1) is 17.7. The number of carbonyl (C=O) groups is 2. The zero-order chi connectivity index (χ0) is 28.4. The molecule has 0 radical (unpaired) electrons. The van der Waals surface area contributed by atoms with Crippen molar-refractivity contribution in [1.29, 1.82) is 0 Å². The molecule has 4 rings (SSSR count). The number of hydrogen-bond donors (Lipinski definition) is 2. The Morgan fingerprint density at radius 3 is 2.11 bits per heavy atom. The lowest BCUT2D eigenvalue weighted by atomic mass is 9.90. The largest absolute Gasteiger partial charge is 0.490 e. The number of carboxylic acid groups (broad SMARTS) is 2. The molecule has 16 heteroatoms. The van der Waals surface area contributed by atoms with Crippen LogP contribution in [-0.2, 0) is 20.9 Å². The molecule has 0 saturated carbocycles. The summed E-state index contributed by atoms with van der Waals surface area (Å²) < 4.78 is 69.8. The molecule has 2 saturated heterocycles. The number of aromatic nitrogens is 3. The van der Waals surface area contributed by atoms with Crippen molar-refractivity contribution in [3.05, 3.63) is 48.7 Å². The standard InChI is InChI=1S/C18H23N5O.2C2HF3O2/c1-3-16(11-19-5-1)13-22-9-10-24-18(14-22)4-2-8-23(15-18)17-12-20-6-7-21-17;2*3-2(4,5)1(6)7/h1,3,5-7,11-12H,2,4,8-10,13-15H2;2*(H,6,7). The number of anilines is 1. The van der Waals surface area contributed by atoms with E-state index in [1.54, 1.807) is 12.4 Å². The molecule has 2 aliphatic rings. The fourth-order valence-electron chi connectivity index (χ4n) is 3.80. The molecule has 2 aromatic rings. The fraction of sp³-hybridized carbons (Fsp3) is 0.500. The van der Waals surface area contributed by atoms with E-state index in [0.29, 0.717) is 0 Å². The Morgan fingerprint density at radius 2 is 1.58 bits per heavy atom. The van der Waals surface area contributed by atoms with Gasteiger partial charge in [-0.2, -0.15) is 26.3 Å². The van der Waals surface area contributed by atoms with Crippen LogP contribution in [0.5, 0.6) is 0 Å². The van der Waals surface area contributed by atoms with Crippen molar-refractivity contribution in [2.75, 3.05) is 37.7 Å². The van der Waals surface area contributed by atoms with Gasteiger partial charge in [0.2, 0.25) is 0 Å². The van der Waals surface area contributed by atoms with E-state index in [9.17, 15) is 26.3 Å². The van der Waals surface area contributed by atoms with Gasteiger partial charge < -0.3 is 19.8 Å². The Labute approximate surface area is 212 Å². The number of rotatable bonds is 3. The van der Waals surface area contributed by atoms with E-state index in [1.165, 1.54) is 5.56 Å². The van der Waals surface area contributed by atoms with Gasteiger partial charge in [0.1, 0.15) is 5.82 Å². The summed E-state index contributed by atoms with van der Waals surface area (Å²) in [4.78, 5) is 35.5. The summed E-state index contributed by atoms with van der Waals surface area (Å²) in [6.07, 6.45) is 1.15. The third-order valence-corrected chi connectivity index (χ3v) is 5.35. The smallest absolute Gasteiger partial charge is 0.475 e. The molecule has 2 aliphatic heterocycles. The second-order valence-electron chi connectivity index (χ2n) is 8.30. The Morgan fingerprint density at radius 1 is 0.947 bits per heavy atom. The van der Waals surface area contributed by atoms with Crippen molar-refractivity contribution in [3.63, 3.8) is 0 Å². The quantitative estimate of drug-likeness (QED) is 0.548. The highest BCUT2D eigenvalue weighted by molar-refractivity contribution is 5.73. The summed E-state index contributed by atoms with van der Waals surface area (Å²) in [5.41, 5.74) is 1.16. The van der Waals surface area contributed by atoms with Crippen LogP contribution >= 0.6 is 0 Å². The van der Waals surface area contributed by atoms with E-state index in [-0.39, 0.29) is 5.60 Å². The van der Waals surface area contributed by atoms with Gasteiger partial charge in [-0.1, -0.05) is 6.07 Å². The van der Waals surface area contributed by atoms with Gasteiger partial charge in [-0.3, -0.25) is 14.9 Å². The molecule has 1 unspecified atom stereocenters. The number of aliphatic carboxylic acids is 2. The maximum Gasteiger partial charge on any atom is 0.490 e. The lowest BCUT2D eigenvalue weighted by Crippen LogP contribution is -2.59. The van der Waals surface area contributed by atoms with Crippen LogP contribution in [0.15, 0.2) is 43.1 Å². The van der Waals surface area contributed by atoms with Crippen molar-refractivity contribution in [1.82, 2.24) is 19.9 Å². The summed E-state index contributed by atoms with van der Waals surface area (Å²) in [6, 6.07) is 4.14. The van der Waals surface area contributed by atoms with Crippen molar-refractivity contribution in [2.24, 2.45) is 0 Å². The first-order valence-corrected chi connectivity index (χ1v) is 11.1. The van der Waals surface area contributed by atoms with Crippen LogP contribution in [0.4, 0.5) is 32.2 Å². The van der Waals surface area contributed by atoms with Gasteiger partial charge >= 0.3 is 24.3 Å². The fourth-order valence-corrected chi connectivity index (χ4v) is 3.80. The van der Waals surface area contributed by atoms with E-state index in [0.717, 1.165) is 58.0 Å². The summed E-state index contributed by atoms with van der Waals surface area (Å²) in [7, 11) is 0. The van der Waals surface area contributed by atoms with E-state index in [1.807, 2.05) is 24.7 Å². The van der Waals surface area contributed by atoms with Gasteiger partial charge in [0.25, 0.3) is 0 Å². The lowest BCUT2D eigenvalue weighted by Gasteiger charge is -2.48. The number of ether oxygens (including phenoxy) is 1. The van der Waals surface area contributed by atoms with Crippen LogP contribution in [0.25, 0.3) is 0 Å². The highest BCUT2D eigenvalue weighted by Gasteiger charge is 2.41. The molecule has 2 N–H and O–H groups in total. The van der Waals surface area contributed by atoms with E-state index >= 15 is 0 Å². The number of hydrogen-bond acceptors (Lipinski definition) is 8. The second kappa shape index (κ2) is 13.3. The lowest BCUT2D eigenvalue weighted by molar-refractivity contribution is -0.193. The molecule has 1 spiro atoms. The molecule has 210 valence electrons. The molecule has 0 aromatic carbocycles. The number of alkyl halides is 6. The minimum absolute atomic E-state index is 0.101. The summed E-state index contributed by atoms with van der Waals surface area (Å²) in [6.45, 7) is 5.56. The van der Waals surface area contributed by atoms with Crippen LogP contribution < -0.4 is 4.90 Å². The molecule has 4 heterocycles. The number of halogens is 6. The predicted molar refractivity (Wildman–Crippen MR) is 119 cm³/mol. The Kier molecular flexibility index (Phi) is 10.8. The van der Waals surface area contributed by atoms with Gasteiger partial charge in [-0.15, -0.1) is 0 Å². The van der Waals surface area contributed by atoms with Gasteiger partial charge in [0, 0.05) is 57.5 Å². The molecule has 0 amide bonds. The summed E-state index contributed by atoms with van der Waals surface area (Å²) in [5, 5.41) is 14.2. The topological polar surface area (TPSA) is 129 Å². The van der Waals surface area contributed by atoms with Gasteiger partial charge in [-0.05, 0) is 24.5 Å². The second-order valence-corrected chi connectivity index (χ2v) is 8.30. The van der Waals surface area contributed by atoms with Crippen LogP contribution in [0.3, 0.4) is 0 Å². The first kappa shape index (κ1) is 30.7. The van der Waals surface area contributed by atoms with Crippen LogP contribution in [0.1, 0.15) is 18.4 Å². The number of morpholine rings is 1. The van der Waals surface area contributed by atoms with Crippen molar-refractivity contribution < 1.29 is 50.9 Å². The first-order valence-electron chi connectivity index (χ1n) is 11.1. The minimum atomic E-state index is -5.08. The van der Waals surface area contributed by atoms with E-state index in [2.05, 4.69) is 30.8 Å². The minimum Gasteiger partial charge on any atom is -0.475 e. The average Bonchev–Trinajstić information content (AvgIpc) is 2.85. The van der Waals surface area contributed by atoms with Crippen LogP contribution in [0.2, 0.25) is 0 Å². The third-order valence-electron chi connectivity index (χ3n) is 5.35.